The Morgan fingerprint density at radius 1 is 1.17 bits per heavy atom. The number of hydrogen-bond acceptors (Lipinski definition) is 4. The van der Waals surface area contributed by atoms with Crippen LogP contribution in [0.4, 0.5) is 10.1 Å². The Balaban J connectivity index is 1.83. The van der Waals surface area contributed by atoms with Crippen molar-refractivity contribution in [3.63, 3.8) is 0 Å². The van der Waals surface area contributed by atoms with Crippen LogP contribution in [0.25, 0.3) is 10.1 Å². The van der Waals surface area contributed by atoms with E-state index in [1.54, 1.807) is 36.4 Å². The number of halogens is 1. The predicted molar refractivity (Wildman–Crippen MR) is 96.1 cm³/mol. The first-order valence-corrected chi connectivity index (χ1v) is 8.84. The van der Waals surface area contributed by atoms with Gasteiger partial charge in [-0.1, -0.05) is 18.2 Å². The summed E-state index contributed by atoms with van der Waals surface area (Å²) >= 11 is 2.48. The number of benzene rings is 2. The Kier molecular flexibility index (Phi) is 4.82. The van der Waals surface area contributed by atoms with E-state index in [-0.39, 0.29) is 17.5 Å². The minimum absolute atomic E-state index is 0.126. The van der Waals surface area contributed by atoms with Gasteiger partial charge in [-0.2, -0.15) is 0 Å². The SMILES string of the molecule is NC(=O)CSc1ccccc1NC(=O)c1cc2c(F)cccc2s1. The average molecular weight is 360 g/mol. The van der Waals surface area contributed by atoms with Crippen LogP contribution in [-0.2, 0) is 4.79 Å². The molecule has 4 nitrogen and oxygen atoms in total. The minimum Gasteiger partial charge on any atom is -0.369 e. The van der Waals surface area contributed by atoms with Gasteiger partial charge in [0.1, 0.15) is 5.82 Å². The van der Waals surface area contributed by atoms with E-state index in [4.69, 9.17) is 5.73 Å². The van der Waals surface area contributed by atoms with Crippen molar-refractivity contribution in [3.8, 4) is 0 Å². The molecule has 0 bridgehead atoms. The number of hydrogen-bond donors (Lipinski definition) is 2. The van der Waals surface area contributed by atoms with Gasteiger partial charge in [-0.25, -0.2) is 4.39 Å². The Hall–Kier alpha value is -2.38. The third kappa shape index (κ3) is 3.58. The molecule has 0 radical (unpaired) electrons. The van der Waals surface area contributed by atoms with Gasteiger partial charge in [-0.15, -0.1) is 23.1 Å². The molecule has 2 aromatic carbocycles. The number of carbonyl (C=O) groups is 2. The summed E-state index contributed by atoms with van der Waals surface area (Å²) in [4.78, 5) is 24.6. The number of para-hydroxylation sites is 1. The second-order valence-corrected chi connectivity index (χ2v) is 7.07. The molecule has 0 aliphatic rings. The number of amides is 2. The van der Waals surface area contributed by atoms with Crippen LogP contribution in [0.3, 0.4) is 0 Å². The second kappa shape index (κ2) is 7.02. The van der Waals surface area contributed by atoms with E-state index in [0.29, 0.717) is 16.0 Å². The number of carbonyl (C=O) groups excluding carboxylic acids is 2. The Morgan fingerprint density at radius 2 is 1.96 bits per heavy atom. The first-order chi connectivity index (χ1) is 11.5. The number of primary amides is 1. The van der Waals surface area contributed by atoms with Gasteiger partial charge < -0.3 is 11.1 Å². The smallest absolute Gasteiger partial charge is 0.265 e. The van der Waals surface area contributed by atoms with Crippen LogP contribution in [0, 0.1) is 5.82 Å². The number of fused-ring (bicyclic) bond motifs is 1. The summed E-state index contributed by atoms with van der Waals surface area (Å²) in [7, 11) is 0. The lowest BCUT2D eigenvalue weighted by Crippen LogP contribution is -2.14. The van der Waals surface area contributed by atoms with Crippen LogP contribution >= 0.6 is 23.1 Å². The maximum absolute atomic E-state index is 13.8. The van der Waals surface area contributed by atoms with Gasteiger partial charge in [0, 0.05) is 15.0 Å². The Bertz CT molecular complexity index is 924. The molecule has 1 heterocycles. The summed E-state index contributed by atoms with van der Waals surface area (Å²) in [6.07, 6.45) is 0. The normalized spacial score (nSPS) is 10.7. The van der Waals surface area contributed by atoms with E-state index in [2.05, 4.69) is 5.32 Å². The fourth-order valence-electron chi connectivity index (χ4n) is 2.17. The van der Waals surface area contributed by atoms with Crippen molar-refractivity contribution >= 4 is 50.7 Å². The van der Waals surface area contributed by atoms with Crippen LogP contribution in [0.1, 0.15) is 9.67 Å². The molecule has 3 aromatic rings. The highest BCUT2D eigenvalue weighted by Gasteiger charge is 2.14. The van der Waals surface area contributed by atoms with Crippen molar-refractivity contribution in [3.05, 3.63) is 59.2 Å². The molecule has 0 spiro atoms. The maximum atomic E-state index is 13.8. The highest BCUT2D eigenvalue weighted by atomic mass is 32.2. The van der Waals surface area contributed by atoms with Crippen molar-refractivity contribution in [1.82, 2.24) is 0 Å². The molecule has 0 saturated carbocycles. The minimum atomic E-state index is -0.430. The first kappa shape index (κ1) is 16.5. The summed E-state index contributed by atoms with van der Waals surface area (Å²) in [5.41, 5.74) is 5.75. The topological polar surface area (TPSA) is 72.2 Å². The number of thiophene rings is 1. The molecule has 0 fully saturated rings. The van der Waals surface area contributed by atoms with E-state index in [9.17, 15) is 14.0 Å². The lowest BCUT2D eigenvalue weighted by molar-refractivity contribution is -0.115. The summed E-state index contributed by atoms with van der Waals surface area (Å²) in [5, 5.41) is 3.24. The fourth-order valence-corrected chi connectivity index (χ4v) is 3.88. The highest BCUT2D eigenvalue weighted by Crippen LogP contribution is 2.30. The van der Waals surface area contributed by atoms with E-state index >= 15 is 0 Å². The lowest BCUT2D eigenvalue weighted by Gasteiger charge is -2.09. The molecular formula is C17H13FN2O2S2. The zero-order valence-electron chi connectivity index (χ0n) is 12.4. The van der Waals surface area contributed by atoms with E-state index in [0.717, 1.165) is 9.60 Å². The van der Waals surface area contributed by atoms with Crippen molar-refractivity contribution in [2.75, 3.05) is 11.1 Å². The number of thioether (sulfide) groups is 1. The number of nitrogens with two attached hydrogens (primary N) is 1. The van der Waals surface area contributed by atoms with Gasteiger partial charge in [0.15, 0.2) is 0 Å². The van der Waals surface area contributed by atoms with Gasteiger partial charge in [0.2, 0.25) is 5.91 Å². The number of anilines is 1. The third-order valence-corrected chi connectivity index (χ3v) is 5.43. The molecule has 24 heavy (non-hydrogen) atoms. The van der Waals surface area contributed by atoms with Gasteiger partial charge in [0.05, 0.1) is 16.3 Å². The van der Waals surface area contributed by atoms with E-state index in [1.807, 2.05) is 6.07 Å². The van der Waals surface area contributed by atoms with Crippen LogP contribution in [0.2, 0.25) is 0 Å². The van der Waals surface area contributed by atoms with Gasteiger partial charge in [0.25, 0.3) is 5.91 Å². The van der Waals surface area contributed by atoms with Gasteiger partial charge in [-0.3, -0.25) is 9.59 Å². The third-order valence-electron chi connectivity index (χ3n) is 3.24. The lowest BCUT2D eigenvalue weighted by atomic mass is 10.2. The molecule has 2 amide bonds. The molecule has 0 saturated heterocycles. The second-order valence-electron chi connectivity index (χ2n) is 4.97. The van der Waals surface area contributed by atoms with E-state index in [1.165, 1.54) is 29.2 Å². The summed E-state index contributed by atoms with van der Waals surface area (Å²) in [6, 6.07) is 13.4. The molecule has 7 heteroatoms. The molecule has 1 aromatic heterocycles. The fraction of sp³-hybridized carbons (Fsp3) is 0.0588. The molecule has 0 unspecified atom stereocenters. The van der Waals surface area contributed by atoms with Crippen LogP contribution in [-0.4, -0.2) is 17.6 Å². The molecule has 0 aliphatic carbocycles. The molecule has 0 aliphatic heterocycles. The van der Waals surface area contributed by atoms with Crippen LogP contribution in [0.5, 0.6) is 0 Å². The summed E-state index contributed by atoms with van der Waals surface area (Å²) < 4.78 is 14.5. The summed E-state index contributed by atoms with van der Waals surface area (Å²) in [6.45, 7) is 0. The predicted octanol–water partition coefficient (Wildman–Crippen LogP) is 3.87. The average Bonchev–Trinajstić information content (AvgIpc) is 3.00. The van der Waals surface area contributed by atoms with Crippen LogP contribution in [0.15, 0.2) is 53.4 Å². The standard InChI is InChI=1S/C17H13FN2O2S2/c18-11-4-3-7-13-10(11)8-15(24-13)17(22)20-12-5-1-2-6-14(12)23-9-16(19)21/h1-8H,9H2,(H2,19,21)(H,20,22). The van der Waals surface area contributed by atoms with Gasteiger partial charge in [-0.05, 0) is 30.3 Å². The summed E-state index contributed by atoms with van der Waals surface area (Å²) in [5.74, 6) is -0.967. The molecule has 0 atom stereocenters. The first-order valence-electron chi connectivity index (χ1n) is 7.04. The Labute approximate surface area is 145 Å². The zero-order valence-corrected chi connectivity index (χ0v) is 14.0. The van der Waals surface area contributed by atoms with Crippen LogP contribution < -0.4 is 11.1 Å². The zero-order chi connectivity index (χ0) is 17.1. The van der Waals surface area contributed by atoms with Crippen molar-refractivity contribution in [2.24, 2.45) is 5.73 Å². The number of nitrogens with one attached hydrogen (secondary N) is 1. The molecule has 122 valence electrons. The Morgan fingerprint density at radius 3 is 2.71 bits per heavy atom. The molecule has 3 N–H and O–H groups in total. The van der Waals surface area contributed by atoms with Gasteiger partial charge >= 0.3 is 0 Å². The molecular weight excluding hydrogens is 347 g/mol. The maximum Gasteiger partial charge on any atom is 0.265 e. The highest BCUT2D eigenvalue weighted by molar-refractivity contribution is 8.00. The van der Waals surface area contributed by atoms with Crippen molar-refractivity contribution in [1.29, 1.82) is 0 Å². The molecule has 3 rings (SSSR count). The van der Waals surface area contributed by atoms with E-state index < -0.39 is 5.91 Å². The quantitative estimate of drug-likeness (QED) is 0.679. The number of rotatable bonds is 5. The largest absolute Gasteiger partial charge is 0.369 e. The van der Waals surface area contributed by atoms with Crippen molar-refractivity contribution in [2.45, 2.75) is 4.90 Å². The monoisotopic (exact) mass is 360 g/mol. The van der Waals surface area contributed by atoms with Crippen molar-refractivity contribution < 1.29 is 14.0 Å².